The second-order valence-electron chi connectivity index (χ2n) is 6.86. The molecule has 2 heterocycles. The van der Waals surface area contributed by atoms with Gasteiger partial charge in [-0.1, -0.05) is 44.2 Å². The van der Waals surface area contributed by atoms with Crippen LogP contribution in [0.4, 0.5) is 0 Å². The first-order valence-electron chi connectivity index (χ1n) is 8.93. The molecule has 2 aromatic heterocycles. The van der Waals surface area contributed by atoms with Crippen molar-refractivity contribution >= 4 is 17.2 Å². The van der Waals surface area contributed by atoms with Gasteiger partial charge in [-0.2, -0.15) is 5.10 Å². The maximum absolute atomic E-state index is 12.5. The molecule has 4 nitrogen and oxygen atoms in total. The molecule has 5 heteroatoms. The minimum Gasteiger partial charge on any atom is -0.344 e. The minimum atomic E-state index is -0.0994. The van der Waals surface area contributed by atoms with Crippen molar-refractivity contribution < 1.29 is 4.79 Å². The quantitative estimate of drug-likeness (QED) is 0.671. The predicted octanol–water partition coefficient (Wildman–Crippen LogP) is 4.44. The number of hydrogen-bond acceptors (Lipinski definition) is 3. The lowest BCUT2D eigenvalue weighted by Gasteiger charge is -2.19. The van der Waals surface area contributed by atoms with E-state index in [4.69, 9.17) is 0 Å². The van der Waals surface area contributed by atoms with Gasteiger partial charge in [-0.3, -0.25) is 9.48 Å². The summed E-state index contributed by atoms with van der Waals surface area (Å²) in [6, 6.07) is 12.6. The molecule has 3 rings (SSSR count). The third kappa shape index (κ3) is 4.61. The fraction of sp³-hybridized carbons (Fsp3) is 0.333. The van der Waals surface area contributed by atoms with Crippen LogP contribution in [-0.4, -0.2) is 15.7 Å². The number of thiophene rings is 1. The van der Waals surface area contributed by atoms with Gasteiger partial charge in [0.1, 0.15) is 0 Å². The smallest absolute Gasteiger partial charge is 0.221 e. The van der Waals surface area contributed by atoms with Crippen LogP contribution in [-0.2, 0) is 18.3 Å². The van der Waals surface area contributed by atoms with Gasteiger partial charge >= 0.3 is 0 Å². The average molecular weight is 368 g/mol. The highest BCUT2D eigenvalue weighted by Crippen LogP contribution is 2.27. The minimum absolute atomic E-state index is 0.0557. The molecular formula is C21H25N3OS. The first-order valence-corrected chi connectivity index (χ1v) is 9.81. The molecule has 1 aromatic carbocycles. The Hall–Kier alpha value is -2.40. The molecule has 1 amide bonds. The maximum atomic E-state index is 12.5. The molecule has 1 unspecified atom stereocenters. The number of amides is 1. The van der Waals surface area contributed by atoms with E-state index in [2.05, 4.69) is 54.6 Å². The fourth-order valence-corrected chi connectivity index (χ4v) is 3.74. The Balaban J connectivity index is 1.71. The lowest BCUT2D eigenvalue weighted by atomic mass is 9.98. The van der Waals surface area contributed by atoms with Crippen molar-refractivity contribution in [3.8, 4) is 0 Å². The fourth-order valence-electron chi connectivity index (χ4n) is 2.94. The van der Waals surface area contributed by atoms with E-state index in [-0.39, 0.29) is 11.9 Å². The maximum Gasteiger partial charge on any atom is 0.221 e. The van der Waals surface area contributed by atoms with E-state index >= 15 is 0 Å². The summed E-state index contributed by atoms with van der Waals surface area (Å²) in [4.78, 5) is 13.7. The molecule has 1 atom stereocenters. The van der Waals surface area contributed by atoms with Crippen molar-refractivity contribution in [1.82, 2.24) is 15.1 Å². The Morgan fingerprint density at radius 3 is 2.50 bits per heavy atom. The second kappa shape index (κ2) is 8.32. The van der Waals surface area contributed by atoms with Gasteiger partial charge in [-0.25, -0.2) is 0 Å². The van der Waals surface area contributed by atoms with Crippen molar-refractivity contribution in [3.63, 3.8) is 0 Å². The standard InChI is InChI=1S/C21H25N3OS/c1-15(2)17-7-9-18(10-8-17)21(19-5-4-12-26-19)23-20(25)11-6-16-13-22-24(3)14-16/h4-5,7-10,12-15,21H,6,11H2,1-3H3,(H,23,25). The first kappa shape index (κ1) is 18.4. The summed E-state index contributed by atoms with van der Waals surface area (Å²) < 4.78 is 1.76. The number of carbonyl (C=O) groups excluding carboxylic acids is 1. The summed E-state index contributed by atoms with van der Waals surface area (Å²) in [7, 11) is 1.89. The summed E-state index contributed by atoms with van der Waals surface area (Å²) in [6.07, 6.45) is 4.92. The molecule has 3 aromatic rings. The Bertz CT molecular complexity index is 835. The summed E-state index contributed by atoms with van der Waals surface area (Å²) in [5.41, 5.74) is 3.50. The third-order valence-corrected chi connectivity index (χ3v) is 5.41. The van der Waals surface area contributed by atoms with Crippen molar-refractivity contribution in [1.29, 1.82) is 0 Å². The summed E-state index contributed by atoms with van der Waals surface area (Å²) in [6.45, 7) is 4.37. The summed E-state index contributed by atoms with van der Waals surface area (Å²) in [5.74, 6) is 0.554. The molecule has 0 saturated heterocycles. The number of hydrogen-bond donors (Lipinski definition) is 1. The highest BCUT2D eigenvalue weighted by molar-refractivity contribution is 7.10. The van der Waals surface area contributed by atoms with Crippen LogP contribution in [0.3, 0.4) is 0 Å². The number of benzene rings is 1. The monoisotopic (exact) mass is 367 g/mol. The summed E-state index contributed by atoms with van der Waals surface area (Å²) in [5, 5.41) is 9.41. The topological polar surface area (TPSA) is 46.9 Å². The van der Waals surface area contributed by atoms with Crippen LogP contribution in [0.15, 0.2) is 54.2 Å². The molecule has 136 valence electrons. The largest absolute Gasteiger partial charge is 0.344 e. The molecule has 1 N–H and O–H groups in total. The van der Waals surface area contributed by atoms with Crippen LogP contribution in [0.2, 0.25) is 0 Å². The zero-order valence-electron chi connectivity index (χ0n) is 15.5. The number of aryl methyl sites for hydroxylation is 2. The van der Waals surface area contributed by atoms with E-state index in [0.29, 0.717) is 18.8 Å². The molecule has 0 fully saturated rings. The van der Waals surface area contributed by atoms with E-state index in [9.17, 15) is 4.79 Å². The van der Waals surface area contributed by atoms with Gasteiger partial charge in [0.25, 0.3) is 0 Å². The van der Waals surface area contributed by atoms with Crippen LogP contribution in [0.5, 0.6) is 0 Å². The highest BCUT2D eigenvalue weighted by Gasteiger charge is 2.18. The van der Waals surface area contributed by atoms with Crippen molar-refractivity contribution in [3.05, 3.63) is 75.7 Å². The SMILES string of the molecule is CC(C)c1ccc(C(NC(=O)CCc2cnn(C)c2)c2cccs2)cc1. The Labute approximate surface area is 158 Å². The van der Waals surface area contributed by atoms with E-state index in [1.807, 2.05) is 30.9 Å². The number of carbonyl (C=O) groups is 1. The van der Waals surface area contributed by atoms with Gasteiger partial charge in [0, 0.05) is 24.5 Å². The molecule has 0 radical (unpaired) electrons. The van der Waals surface area contributed by atoms with Crippen molar-refractivity contribution in [2.75, 3.05) is 0 Å². The Morgan fingerprint density at radius 2 is 1.92 bits per heavy atom. The van der Waals surface area contributed by atoms with Gasteiger partial charge in [-0.05, 0) is 40.5 Å². The lowest BCUT2D eigenvalue weighted by molar-refractivity contribution is -0.121. The second-order valence-corrected chi connectivity index (χ2v) is 7.84. The zero-order valence-corrected chi connectivity index (χ0v) is 16.3. The van der Waals surface area contributed by atoms with E-state index in [1.165, 1.54) is 5.56 Å². The normalized spacial score (nSPS) is 12.3. The number of nitrogens with one attached hydrogen (secondary N) is 1. The van der Waals surface area contributed by atoms with E-state index in [0.717, 1.165) is 16.0 Å². The zero-order chi connectivity index (χ0) is 18.5. The molecule has 0 aliphatic heterocycles. The molecule has 0 bridgehead atoms. The molecule has 0 saturated carbocycles. The van der Waals surface area contributed by atoms with Gasteiger partial charge in [0.05, 0.1) is 12.2 Å². The van der Waals surface area contributed by atoms with Crippen LogP contribution in [0, 0.1) is 0 Å². The predicted molar refractivity (Wildman–Crippen MR) is 106 cm³/mol. The van der Waals surface area contributed by atoms with Crippen LogP contribution >= 0.6 is 11.3 Å². The first-order chi connectivity index (χ1) is 12.5. The van der Waals surface area contributed by atoms with E-state index < -0.39 is 0 Å². The summed E-state index contributed by atoms with van der Waals surface area (Å²) >= 11 is 1.67. The van der Waals surface area contributed by atoms with Gasteiger partial charge in [0.15, 0.2) is 0 Å². The lowest BCUT2D eigenvalue weighted by Crippen LogP contribution is -2.29. The van der Waals surface area contributed by atoms with Crippen LogP contribution < -0.4 is 5.32 Å². The highest BCUT2D eigenvalue weighted by atomic mass is 32.1. The Kier molecular flexibility index (Phi) is 5.89. The number of nitrogens with zero attached hydrogens (tertiary/aromatic N) is 2. The molecular weight excluding hydrogens is 342 g/mol. The Morgan fingerprint density at radius 1 is 1.19 bits per heavy atom. The van der Waals surface area contributed by atoms with Crippen molar-refractivity contribution in [2.45, 2.75) is 38.6 Å². The molecule has 0 aliphatic carbocycles. The van der Waals surface area contributed by atoms with Gasteiger partial charge < -0.3 is 5.32 Å². The number of rotatable bonds is 7. The van der Waals surface area contributed by atoms with Crippen LogP contribution in [0.1, 0.15) is 53.8 Å². The number of aromatic nitrogens is 2. The van der Waals surface area contributed by atoms with Crippen LogP contribution in [0.25, 0.3) is 0 Å². The third-order valence-electron chi connectivity index (χ3n) is 4.47. The molecule has 26 heavy (non-hydrogen) atoms. The average Bonchev–Trinajstić information content (AvgIpc) is 3.30. The molecule has 0 aliphatic rings. The van der Waals surface area contributed by atoms with Crippen molar-refractivity contribution in [2.24, 2.45) is 7.05 Å². The van der Waals surface area contributed by atoms with E-state index in [1.54, 1.807) is 16.0 Å². The van der Waals surface area contributed by atoms with Gasteiger partial charge in [0.2, 0.25) is 5.91 Å². The molecule has 0 spiro atoms. The van der Waals surface area contributed by atoms with Gasteiger partial charge in [-0.15, -0.1) is 11.3 Å².